The van der Waals surface area contributed by atoms with Gasteiger partial charge in [-0.3, -0.25) is 0 Å². The molecule has 0 unspecified atom stereocenters. The van der Waals surface area contributed by atoms with Crippen molar-refractivity contribution in [3.63, 3.8) is 0 Å². The van der Waals surface area contributed by atoms with Crippen molar-refractivity contribution in [3.05, 3.63) is 18.0 Å². The molecule has 1 fully saturated rings. The van der Waals surface area contributed by atoms with E-state index in [-0.39, 0.29) is 0 Å². The van der Waals surface area contributed by atoms with Gasteiger partial charge >= 0.3 is 0 Å². The first-order valence-electron chi connectivity index (χ1n) is 5.99. The second kappa shape index (κ2) is 5.25. The minimum atomic E-state index is 0.719. The van der Waals surface area contributed by atoms with Gasteiger partial charge in [0.1, 0.15) is 0 Å². The van der Waals surface area contributed by atoms with Gasteiger partial charge in [-0.2, -0.15) is 0 Å². The molecule has 0 atom stereocenters. The molecule has 1 saturated carbocycles. The topological polar surface area (TPSA) is 41.0 Å². The first kappa shape index (κ1) is 11.3. The molecule has 1 aromatic heterocycles. The third kappa shape index (κ3) is 2.50. The predicted octanol–water partition coefficient (Wildman–Crippen LogP) is 1.40. The maximum absolute atomic E-state index is 4.42. The summed E-state index contributed by atoms with van der Waals surface area (Å²) in [5, 5.41) is 3.12. The molecule has 1 N–H and O–H groups in total. The van der Waals surface area contributed by atoms with Crippen LogP contribution in [0.1, 0.15) is 30.7 Å². The smallest absolute Gasteiger partial charge is 0.225 e. The Hall–Kier alpha value is -1.16. The van der Waals surface area contributed by atoms with E-state index in [2.05, 4.69) is 20.2 Å². The number of nitrogens with zero attached hydrogens (tertiary/aromatic N) is 3. The average molecular weight is 220 g/mol. The van der Waals surface area contributed by atoms with Crippen molar-refractivity contribution >= 4 is 5.95 Å². The minimum absolute atomic E-state index is 0.719. The van der Waals surface area contributed by atoms with Crippen LogP contribution in [0.25, 0.3) is 0 Å². The number of nitrogens with one attached hydrogen (secondary N) is 1. The number of anilines is 1. The highest BCUT2D eigenvalue weighted by Crippen LogP contribution is 2.35. The molecule has 0 bridgehead atoms. The fraction of sp³-hybridized carbons (Fsp3) is 0.667. The van der Waals surface area contributed by atoms with Crippen LogP contribution < -0.4 is 10.2 Å². The average Bonchev–Trinajstić information content (AvgIpc) is 2.24. The third-order valence-electron chi connectivity index (χ3n) is 3.27. The lowest BCUT2D eigenvalue weighted by molar-refractivity contribution is 0.418. The fourth-order valence-electron chi connectivity index (χ4n) is 1.86. The lowest BCUT2D eigenvalue weighted by atomic mass is 9.81. The van der Waals surface area contributed by atoms with Crippen molar-refractivity contribution < 1.29 is 0 Å². The molecule has 2 rings (SSSR count). The van der Waals surface area contributed by atoms with Crippen molar-refractivity contribution in [1.82, 2.24) is 15.3 Å². The first-order valence-corrected chi connectivity index (χ1v) is 5.99. The van der Waals surface area contributed by atoms with Crippen LogP contribution in [0.2, 0.25) is 0 Å². The lowest BCUT2D eigenvalue weighted by Gasteiger charge is -2.25. The maximum atomic E-state index is 4.42. The summed E-state index contributed by atoms with van der Waals surface area (Å²) in [5.74, 6) is 1.54. The van der Waals surface area contributed by atoms with Crippen molar-refractivity contribution in [2.75, 3.05) is 32.1 Å². The molecule has 0 amide bonds. The highest BCUT2D eigenvalue weighted by atomic mass is 15.2. The Bertz CT molecular complexity index is 318. The van der Waals surface area contributed by atoms with Gasteiger partial charge in [-0.1, -0.05) is 6.42 Å². The Morgan fingerprint density at radius 1 is 1.38 bits per heavy atom. The summed E-state index contributed by atoms with van der Waals surface area (Å²) in [6.45, 7) is 1.88. The van der Waals surface area contributed by atoms with Crippen molar-refractivity contribution in [2.24, 2.45) is 0 Å². The summed E-state index contributed by atoms with van der Waals surface area (Å²) in [7, 11) is 3.98. The summed E-state index contributed by atoms with van der Waals surface area (Å²) < 4.78 is 0. The van der Waals surface area contributed by atoms with E-state index < -0.39 is 0 Å². The van der Waals surface area contributed by atoms with Crippen LogP contribution in [0.15, 0.2) is 12.4 Å². The zero-order valence-corrected chi connectivity index (χ0v) is 10.1. The van der Waals surface area contributed by atoms with Gasteiger partial charge < -0.3 is 10.2 Å². The molecule has 88 valence electrons. The largest absolute Gasteiger partial charge is 0.343 e. The van der Waals surface area contributed by atoms with Gasteiger partial charge in [-0.05, 0) is 31.4 Å². The zero-order valence-electron chi connectivity index (χ0n) is 10.1. The zero-order chi connectivity index (χ0) is 11.4. The van der Waals surface area contributed by atoms with Gasteiger partial charge in [0, 0.05) is 32.5 Å². The van der Waals surface area contributed by atoms with Gasteiger partial charge in [0.05, 0.1) is 0 Å². The Labute approximate surface area is 97.1 Å². The molecule has 1 heterocycles. The van der Waals surface area contributed by atoms with E-state index in [1.807, 2.05) is 26.5 Å². The van der Waals surface area contributed by atoms with E-state index in [0.717, 1.165) is 25.0 Å². The molecule has 4 heteroatoms. The Morgan fingerprint density at radius 3 is 2.56 bits per heavy atom. The molecule has 4 nitrogen and oxygen atoms in total. The lowest BCUT2D eigenvalue weighted by Crippen LogP contribution is -2.28. The predicted molar refractivity (Wildman–Crippen MR) is 65.8 cm³/mol. The minimum Gasteiger partial charge on any atom is -0.343 e. The fourth-order valence-corrected chi connectivity index (χ4v) is 1.86. The molecule has 0 aliphatic heterocycles. The van der Waals surface area contributed by atoms with Crippen molar-refractivity contribution in [3.8, 4) is 0 Å². The molecule has 1 aliphatic rings. The number of hydrogen-bond donors (Lipinski definition) is 1. The second-order valence-electron chi connectivity index (χ2n) is 4.47. The summed E-state index contributed by atoms with van der Waals surface area (Å²) >= 11 is 0. The highest BCUT2D eigenvalue weighted by molar-refractivity contribution is 5.29. The van der Waals surface area contributed by atoms with Gasteiger partial charge in [-0.15, -0.1) is 0 Å². The number of rotatable bonds is 5. The third-order valence-corrected chi connectivity index (χ3v) is 3.27. The van der Waals surface area contributed by atoms with Crippen molar-refractivity contribution in [1.29, 1.82) is 0 Å². The van der Waals surface area contributed by atoms with Gasteiger partial charge in [-0.25, -0.2) is 9.97 Å². The molecule has 0 saturated heterocycles. The molecule has 1 aromatic rings. The first-order chi connectivity index (χ1) is 7.81. The van der Waals surface area contributed by atoms with Crippen LogP contribution >= 0.6 is 0 Å². The summed E-state index contributed by atoms with van der Waals surface area (Å²) in [6.07, 6.45) is 7.94. The number of aromatic nitrogens is 2. The van der Waals surface area contributed by atoms with Crippen LogP contribution in [-0.4, -0.2) is 37.2 Å². The molecule has 0 radical (unpaired) electrons. The van der Waals surface area contributed by atoms with Crippen LogP contribution in [0.4, 0.5) is 5.95 Å². The normalized spacial score (nSPS) is 15.9. The van der Waals surface area contributed by atoms with Crippen LogP contribution in [0.5, 0.6) is 0 Å². The van der Waals surface area contributed by atoms with E-state index in [1.54, 1.807) is 0 Å². The SMILES string of the molecule is CNCCN(C)c1ncc(C2CCC2)cn1. The van der Waals surface area contributed by atoms with Gasteiger partial charge in [0.15, 0.2) is 0 Å². The van der Waals surface area contributed by atoms with Crippen LogP contribution in [0.3, 0.4) is 0 Å². The highest BCUT2D eigenvalue weighted by Gasteiger charge is 2.20. The molecule has 16 heavy (non-hydrogen) atoms. The monoisotopic (exact) mass is 220 g/mol. The molecule has 0 aromatic carbocycles. The van der Waals surface area contributed by atoms with Crippen LogP contribution in [-0.2, 0) is 0 Å². The van der Waals surface area contributed by atoms with Gasteiger partial charge in [0.2, 0.25) is 5.95 Å². The molecular weight excluding hydrogens is 200 g/mol. The summed E-state index contributed by atoms with van der Waals surface area (Å²) in [5.41, 5.74) is 1.30. The standard InChI is InChI=1S/C12H20N4/c1-13-6-7-16(2)12-14-8-11(9-15-12)10-4-3-5-10/h8-10,13H,3-7H2,1-2H3. The Balaban J connectivity index is 1.95. The van der Waals surface area contributed by atoms with E-state index in [1.165, 1.54) is 24.8 Å². The Morgan fingerprint density at radius 2 is 2.06 bits per heavy atom. The van der Waals surface area contributed by atoms with E-state index >= 15 is 0 Å². The number of hydrogen-bond acceptors (Lipinski definition) is 4. The Kier molecular flexibility index (Phi) is 3.72. The number of likely N-dealkylation sites (N-methyl/N-ethyl adjacent to an activating group) is 2. The van der Waals surface area contributed by atoms with E-state index in [9.17, 15) is 0 Å². The summed E-state index contributed by atoms with van der Waals surface area (Å²) in [4.78, 5) is 10.9. The summed E-state index contributed by atoms with van der Waals surface area (Å²) in [6, 6.07) is 0. The molecule has 0 spiro atoms. The van der Waals surface area contributed by atoms with Crippen LogP contribution in [0, 0.1) is 0 Å². The second-order valence-corrected chi connectivity index (χ2v) is 4.47. The molecule has 1 aliphatic carbocycles. The van der Waals surface area contributed by atoms with E-state index in [4.69, 9.17) is 0 Å². The van der Waals surface area contributed by atoms with Crippen molar-refractivity contribution in [2.45, 2.75) is 25.2 Å². The quantitative estimate of drug-likeness (QED) is 0.814. The van der Waals surface area contributed by atoms with E-state index in [0.29, 0.717) is 0 Å². The maximum Gasteiger partial charge on any atom is 0.225 e. The van der Waals surface area contributed by atoms with Gasteiger partial charge in [0.25, 0.3) is 0 Å². The molecular formula is C12H20N4.